The smallest absolute Gasteiger partial charge is 0.332 e. The summed E-state index contributed by atoms with van der Waals surface area (Å²) in [6, 6.07) is 8.89. The summed E-state index contributed by atoms with van der Waals surface area (Å²) < 4.78 is 5.14. The minimum Gasteiger partial charge on any atom is -0.457 e. The van der Waals surface area contributed by atoms with E-state index in [0.29, 0.717) is 5.56 Å². The highest BCUT2D eigenvalue weighted by Gasteiger charge is 2.17. The molecule has 18 heavy (non-hydrogen) atoms. The van der Waals surface area contributed by atoms with Crippen molar-refractivity contribution in [2.24, 2.45) is 0 Å². The van der Waals surface area contributed by atoms with Crippen molar-refractivity contribution in [2.75, 3.05) is 0 Å². The molecule has 96 valence electrons. The maximum Gasteiger partial charge on any atom is 0.332 e. The second-order valence-electron chi connectivity index (χ2n) is 4.76. The zero-order chi connectivity index (χ0) is 13.8. The number of ether oxygens (including phenoxy) is 1. The third-order valence-corrected chi connectivity index (χ3v) is 2.23. The van der Waals surface area contributed by atoms with Crippen molar-refractivity contribution < 1.29 is 14.3 Å². The SMILES string of the molecule is CC(C)(C)OC(=O)/C=C(\C(=O)S)c1ccccc1. The number of rotatable bonds is 3. The van der Waals surface area contributed by atoms with Crippen LogP contribution in [-0.2, 0) is 14.3 Å². The lowest BCUT2D eigenvalue weighted by molar-refractivity contribution is -0.148. The fourth-order valence-electron chi connectivity index (χ4n) is 1.34. The molecular formula is C14H16O3S. The van der Waals surface area contributed by atoms with Gasteiger partial charge in [-0.15, -0.1) is 12.6 Å². The highest BCUT2D eigenvalue weighted by atomic mass is 32.1. The summed E-state index contributed by atoms with van der Waals surface area (Å²) in [4.78, 5) is 23.1. The summed E-state index contributed by atoms with van der Waals surface area (Å²) in [6.07, 6.45) is 1.18. The monoisotopic (exact) mass is 264 g/mol. The van der Waals surface area contributed by atoms with Gasteiger partial charge in [-0.1, -0.05) is 30.3 Å². The molecule has 0 aliphatic carbocycles. The Hall–Kier alpha value is -1.55. The van der Waals surface area contributed by atoms with Crippen LogP contribution in [0, 0.1) is 0 Å². The molecule has 0 amide bonds. The van der Waals surface area contributed by atoms with E-state index in [2.05, 4.69) is 12.6 Å². The lowest BCUT2D eigenvalue weighted by Crippen LogP contribution is -2.23. The normalized spacial score (nSPS) is 12.1. The number of hydrogen-bond acceptors (Lipinski definition) is 3. The van der Waals surface area contributed by atoms with E-state index < -0.39 is 16.7 Å². The molecule has 0 saturated heterocycles. The van der Waals surface area contributed by atoms with Crippen molar-refractivity contribution in [3.63, 3.8) is 0 Å². The Morgan fingerprint density at radius 3 is 2.17 bits per heavy atom. The first-order valence-electron chi connectivity index (χ1n) is 5.53. The Bertz CT molecular complexity index is 470. The van der Waals surface area contributed by atoms with Crippen molar-refractivity contribution in [1.82, 2.24) is 0 Å². The lowest BCUT2D eigenvalue weighted by Gasteiger charge is -2.18. The predicted molar refractivity (Wildman–Crippen MR) is 74.3 cm³/mol. The summed E-state index contributed by atoms with van der Waals surface area (Å²) in [5.41, 5.74) is 0.284. The average Bonchev–Trinajstić information content (AvgIpc) is 2.24. The van der Waals surface area contributed by atoms with E-state index in [4.69, 9.17) is 4.74 Å². The minimum atomic E-state index is -0.588. The van der Waals surface area contributed by atoms with E-state index in [1.54, 1.807) is 45.0 Å². The molecule has 0 saturated carbocycles. The molecule has 1 rings (SSSR count). The summed E-state index contributed by atoms with van der Waals surface area (Å²) in [6.45, 7) is 5.30. The standard InChI is InChI=1S/C14H16O3S/c1-14(2,3)17-12(15)9-11(13(16)18)10-7-5-4-6-8-10/h4-9H,1-3H3,(H,16,18)/b11-9-. The third kappa shape index (κ3) is 4.75. The molecule has 3 nitrogen and oxygen atoms in total. The number of carbonyl (C=O) groups is 2. The first kappa shape index (κ1) is 14.5. The number of thiol groups is 1. The topological polar surface area (TPSA) is 43.4 Å². The molecule has 0 N–H and O–H groups in total. The second kappa shape index (κ2) is 5.87. The summed E-state index contributed by atoms with van der Waals surface area (Å²) in [5, 5.41) is -0.466. The molecule has 4 heteroatoms. The van der Waals surface area contributed by atoms with Gasteiger partial charge >= 0.3 is 5.97 Å². The van der Waals surface area contributed by atoms with E-state index in [9.17, 15) is 9.59 Å². The fourth-order valence-corrected chi connectivity index (χ4v) is 1.53. The number of hydrogen-bond donors (Lipinski definition) is 1. The second-order valence-corrected chi connectivity index (χ2v) is 5.17. The van der Waals surface area contributed by atoms with Crippen LogP contribution in [0.2, 0.25) is 0 Å². The van der Waals surface area contributed by atoms with Gasteiger partial charge in [-0.05, 0) is 26.3 Å². The molecule has 0 spiro atoms. The fraction of sp³-hybridized carbons (Fsp3) is 0.286. The Balaban J connectivity index is 3.00. The Morgan fingerprint density at radius 1 is 1.17 bits per heavy atom. The van der Waals surface area contributed by atoms with E-state index in [1.165, 1.54) is 6.08 Å². The van der Waals surface area contributed by atoms with Gasteiger partial charge in [0.1, 0.15) is 5.60 Å². The van der Waals surface area contributed by atoms with E-state index >= 15 is 0 Å². The Labute approximate surface area is 112 Å². The number of carbonyl (C=O) groups excluding carboxylic acids is 2. The molecule has 0 radical (unpaired) electrons. The van der Waals surface area contributed by atoms with Gasteiger partial charge in [0.2, 0.25) is 5.12 Å². The molecule has 0 fully saturated rings. The molecule has 0 bridgehead atoms. The van der Waals surface area contributed by atoms with Crippen LogP contribution in [0.25, 0.3) is 5.57 Å². The van der Waals surface area contributed by atoms with E-state index in [-0.39, 0.29) is 5.57 Å². The van der Waals surface area contributed by atoms with Gasteiger partial charge in [-0.3, -0.25) is 4.79 Å². The minimum absolute atomic E-state index is 0.230. The maximum absolute atomic E-state index is 11.7. The molecule has 0 heterocycles. The highest BCUT2D eigenvalue weighted by Crippen LogP contribution is 2.18. The summed E-state index contributed by atoms with van der Waals surface area (Å²) >= 11 is 3.78. The first-order chi connectivity index (χ1) is 8.29. The van der Waals surface area contributed by atoms with Crippen LogP contribution in [-0.4, -0.2) is 16.7 Å². The molecule has 0 unspecified atom stereocenters. The van der Waals surface area contributed by atoms with Crippen molar-refractivity contribution in [3.05, 3.63) is 42.0 Å². The zero-order valence-electron chi connectivity index (χ0n) is 10.6. The van der Waals surface area contributed by atoms with Crippen LogP contribution in [0.1, 0.15) is 26.3 Å². The van der Waals surface area contributed by atoms with Crippen molar-refractivity contribution in [3.8, 4) is 0 Å². The van der Waals surface area contributed by atoms with Gasteiger partial charge in [0, 0.05) is 11.6 Å². The molecule has 0 aromatic heterocycles. The van der Waals surface area contributed by atoms with Gasteiger partial charge < -0.3 is 4.74 Å². The highest BCUT2D eigenvalue weighted by molar-refractivity contribution is 7.98. The van der Waals surface area contributed by atoms with Gasteiger partial charge in [-0.2, -0.15) is 0 Å². The number of benzene rings is 1. The third-order valence-electron chi connectivity index (χ3n) is 1.98. The maximum atomic E-state index is 11.7. The van der Waals surface area contributed by atoms with E-state index in [0.717, 1.165) is 0 Å². The molecule has 1 aromatic carbocycles. The quantitative estimate of drug-likeness (QED) is 0.518. The van der Waals surface area contributed by atoms with Crippen LogP contribution in [0.5, 0.6) is 0 Å². The Morgan fingerprint density at radius 2 is 1.72 bits per heavy atom. The number of esters is 1. The largest absolute Gasteiger partial charge is 0.457 e. The predicted octanol–water partition coefficient (Wildman–Crippen LogP) is 2.87. The van der Waals surface area contributed by atoms with Crippen molar-refractivity contribution in [1.29, 1.82) is 0 Å². The van der Waals surface area contributed by atoms with Gasteiger partial charge in [-0.25, -0.2) is 4.79 Å². The van der Waals surface area contributed by atoms with Gasteiger partial charge in [0.05, 0.1) is 0 Å². The van der Waals surface area contributed by atoms with Crippen LogP contribution < -0.4 is 0 Å². The summed E-state index contributed by atoms with van der Waals surface area (Å²) in [5.74, 6) is -0.552. The van der Waals surface area contributed by atoms with Gasteiger partial charge in [0.15, 0.2) is 0 Å². The van der Waals surface area contributed by atoms with Crippen LogP contribution in [0.3, 0.4) is 0 Å². The average molecular weight is 264 g/mol. The van der Waals surface area contributed by atoms with Gasteiger partial charge in [0.25, 0.3) is 0 Å². The zero-order valence-corrected chi connectivity index (χ0v) is 11.5. The van der Waals surface area contributed by atoms with Crippen molar-refractivity contribution >= 4 is 29.3 Å². The van der Waals surface area contributed by atoms with Crippen LogP contribution in [0.4, 0.5) is 0 Å². The van der Waals surface area contributed by atoms with Crippen LogP contribution in [0.15, 0.2) is 36.4 Å². The van der Waals surface area contributed by atoms with Crippen LogP contribution >= 0.6 is 12.6 Å². The molecular weight excluding hydrogens is 248 g/mol. The summed E-state index contributed by atoms with van der Waals surface area (Å²) in [7, 11) is 0. The molecule has 0 atom stereocenters. The molecule has 0 aliphatic rings. The van der Waals surface area contributed by atoms with Crippen molar-refractivity contribution in [2.45, 2.75) is 26.4 Å². The Kier molecular flexibility index (Phi) is 4.73. The molecule has 0 aliphatic heterocycles. The van der Waals surface area contributed by atoms with E-state index in [1.807, 2.05) is 6.07 Å². The first-order valence-corrected chi connectivity index (χ1v) is 5.98. The lowest BCUT2D eigenvalue weighted by atomic mass is 10.1. The molecule has 1 aromatic rings.